The van der Waals surface area contributed by atoms with E-state index in [1.807, 2.05) is 0 Å². The van der Waals surface area contributed by atoms with E-state index >= 15 is 0 Å². The van der Waals surface area contributed by atoms with Crippen LogP contribution in [0.1, 0.15) is 19.8 Å². The summed E-state index contributed by atoms with van der Waals surface area (Å²) < 4.78 is 35.4. The SMILES string of the molecule is CCN(CCC(=O)O)C(=O)CC(=O)NCC(F)(F)F. The van der Waals surface area contributed by atoms with Gasteiger partial charge in [0.15, 0.2) is 0 Å². The van der Waals surface area contributed by atoms with Crippen molar-refractivity contribution < 1.29 is 32.7 Å². The van der Waals surface area contributed by atoms with Gasteiger partial charge >= 0.3 is 12.1 Å². The third-order valence-corrected chi connectivity index (χ3v) is 2.13. The average Bonchev–Trinajstić information content (AvgIpc) is 2.26. The summed E-state index contributed by atoms with van der Waals surface area (Å²) in [7, 11) is 0. The van der Waals surface area contributed by atoms with Gasteiger partial charge in [-0.2, -0.15) is 13.2 Å². The van der Waals surface area contributed by atoms with Gasteiger partial charge in [0.05, 0.1) is 6.42 Å². The van der Waals surface area contributed by atoms with Crippen LogP contribution in [0.25, 0.3) is 0 Å². The number of amides is 2. The average molecular weight is 284 g/mol. The van der Waals surface area contributed by atoms with Gasteiger partial charge in [0.1, 0.15) is 13.0 Å². The quantitative estimate of drug-likeness (QED) is 0.662. The van der Waals surface area contributed by atoms with Crippen LogP contribution < -0.4 is 5.32 Å². The van der Waals surface area contributed by atoms with Gasteiger partial charge in [-0.05, 0) is 6.92 Å². The molecule has 0 unspecified atom stereocenters. The molecule has 0 rings (SSSR count). The first-order valence-corrected chi connectivity index (χ1v) is 5.48. The van der Waals surface area contributed by atoms with Gasteiger partial charge < -0.3 is 15.3 Å². The summed E-state index contributed by atoms with van der Waals surface area (Å²) in [5.41, 5.74) is 0. The van der Waals surface area contributed by atoms with Crippen molar-refractivity contribution in [2.24, 2.45) is 0 Å². The van der Waals surface area contributed by atoms with Gasteiger partial charge in [-0.15, -0.1) is 0 Å². The molecule has 0 atom stereocenters. The molecule has 0 radical (unpaired) electrons. The molecule has 0 aromatic rings. The molecule has 0 heterocycles. The molecule has 2 amide bonds. The van der Waals surface area contributed by atoms with Crippen molar-refractivity contribution in [1.82, 2.24) is 10.2 Å². The third-order valence-electron chi connectivity index (χ3n) is 2.13. The van der Waals surface area contributed by atoms with Crippen molar-refractivity contribution in [2.75, 3.05) is 19.6 Å². The minimum Gasteiger partial charge on any atom is -0.481 e. The second-order valence-electron chi connectivity index (χ2n) is 3.69. The molecule has 0 saturated heterocycles. The Hall–Kier alpha value is -1.80. The standard InChI is InChI=1S/C10H15F3N2O4/c1-2-15(4-3-9(18)19)8(17)5-7(16)14-6-10(11,12)13/h2-6H2,1H3,(H,14,16)(H,18,19). The maximum absolute atomic E-state index is 11.8. The van der Waals surface area contributed by atoms with Gasteiger partial charge in [-0.25, -0.2) is 0 Å². The van der Waals surface area contributed by atoms with Gasteiger partial charge in [-0.1, -0.05) is 0 Å². The van der Waals surface area contributed by atoms with Gasteiger partial charge in [0.25, 0.3) is 0 Å². The minimum atomic E-state index is -4.54. The van der Waals surface area contributed by atoms with E-state index in [0.717, 1.165) is 4.90 Å². The fourth-order valence-electron chi connectivity index (χ4n) is 1.20. The van der Waals surface area contributed by atoms with Crippen molar-refractivity contribution >= 4 is 17.8 Å². The zero-order valence-corrected chi connectivity index (χ0v) is 10.3. The maximum Gasteiger partial charge on any atom is 0.405 e. The number of hydrogen-bond donors (Lipinski definition) is 2. The van der Waals surface area contributed by atoms with E-state index in [0.29, 0.717) is 0 Å². The Kier molecular flexibility index (Phi) is 6.87. The predicted octanol–water partition coefficient (Wildman–Crippen LogP) is 0.378. The Bertz CT molecular complexity index is 344. The van der Waals surface area contributed by atoms with E-state index in [2.05, 4.69) is 0 Å². The van der Waals surface area contributed by atoms with E-state index in [9.17, 15) is 27.6 Å². The number of nitrogens with one attached hydrogen (secondary N) is 1. The van der Waals surface area contributed by atoms with Crippen LogP contribution in [0.15, 0.2) is 0 Å². The predicted molar refractivity (Wildman–Crippen MR) is 58.2 cm³/mol. The van der Waals surface area contributed by atoms with Gasteiger partial charge in [0, 0.05) is 13.1 Å². The monoisotopic (exact) mass is 284 g/mol. The Morgan fingerprint density at radius 1 is 1.26 bits per heavy atom. The number of carboxylic acid groups (broad SMARTS) is 1. The molecule has 110 valence electrons. The van der Waals surface area contributed by atoms with Crippen molar-refractivity contribution in [3.8, 4) is 0 Å². The van der Waals surface area contributed by atoms with E-state index in [-0.39, 0.29) is 19.5 Å². The van der Waals surface area contributed by atoms with Crippen molar-refractivity contribution in [3.05, 3.63) is 0 Å². The molecule has 19 heavy (non-hydrogen) atoms. The second-order valence-corrected chi connectivity index (χ2v) is 3.69. The Morgan fingerprint density at radius 3 is 2.26 bits per heavy atom. The first-order chi connectivity index (χ1) is 8.65. The fourth-order valence-corrected chi connectivity index (χ4v) is 1.20. The summed E-state index contributed by atoms with van der Waals surface area (Å²) in [6, 6.07) is 0. The number of carbonyl (C=O) groups excluding carboxylic acids is 2. The highest BCUT2D eigenvalue weighted by molar-refractivity contribution is 5.96. The molecule has 0 saturated carbocycles. The molecule has 0 spiro atoms. The first-order valence-electron chi connectivity index (χ1n) is 5.48. The van der Waals surface area contributed by atoms with Gasteiger partial charge in [0.2, 0.25) is 11.8 Å². The highest BCUT2D eigenvalue weighted by Gasteiger charge is 2.28. The molecule has 6 nitrogen and oxygen atoms in total. The third kappa shape index (κ3) is 8.86. The molecule has 0 bridgehead atoms. The second kappa shape index (κ2) is 7.59. The number of halogens is 3. The van der Waals surface area contributed by atoms with Crippen LogP contribution in [0, 0.1) is 0 Å². The number of carbonyl (C=O) groups is 3. The molecule has 0 aliphatic heterocycles. The Balaban J connectivity index is 4.18. The van der Waals surface area contributed by atoms with Crippen LogP contribution in [0.2, 0.25) is 0 Å². The van der Waals surface area contributed by atoms with Crippen LogP contribution in [0.5, 0.6) is 0 Å². The highest BCUT2D eigenvalue weighted by atomic mass is 19.4. The number of hydrogen-bond acceptors (Lipinski definition) is 3. The summed E-state index contributed by atoms with van der Waals surface area (Å²) in [5, 5.41) is 10.0. The topological polar surface area (TPSA) is 86.7 Å². The lowest BCUT2D eigenvalue weighted by Gasteiger charge is -2.19. The lowest BCUT2D eigenvalue weighted by atomic mass is 10.3. The Labute approximate surface area is 107 Å². The van der Waals surface area contributed by atoms with Crippen LogP contribution in [-0.2, 0) is 14.4 Å². The number of rotatable bonds is 7. The van der Waals surface area contributed by atoms with Crippen LogP contribution in [0.3, 0.4) is 0 Å². The van der Waals surface area contributed by atoms with Crippen LogP contribution in [0.4, 0.5) is 13.2 Å². The van der Waals surface area contributed by atoms with Crippen LogP contribution >= 0.6 is 0 Å². The molecule has 0 aromatic heterocycles. The smallest absolute Gasteiger partial charge is 0.405 e. The molecule has 0 aliphatic rings. The van der Waals surface area contributed by atoms with Crippen molar-refractivity contribution in [1.29, 1.82) is 0 Å². The lowest BCUT2D eigenvalue weighted by molar-refractivity contribution is -0.143. The van der Waals surface area contributed by atoms with Crippen molar-refractivity contribution in [3.63, 3.8) is 0 Å². The molecule has 0 aromatic carbocycles. The molecule has 0 fully saturated rings. The summed E-state index contributed by atoms with van der Waals surface area (Å²) in [6.07, 6.45) is -5.56. The van der Waals surface area contributed by atoms with E-state index in [1.54, 1.807) is 12.2 Å². The molecular formula is C10H15F3N2O4. The van der Waals surface area contributed by atoms with E-state index < -0.39 is 36.9 Å². The van der Waals surface area contributed by atoms with E-state index in [4.69, 9.17) is 5.11 Å². The number of alkyl halides is 3. The van der Waals surface area contributed by atoms with Gasteiger partial charge in [-0.3, -0.25) is 14.4 Å². The Morgan fingerprint density at radius 2 is 1.84 bits per heavy atom. The number of carboxylic acids is 1. The summed E-state index contributed by atoms with van der Waals surface area (Å²) >= 11 is 0. The van der Waals surface area contributed by atoms with Crippen LogP contribution in [-0.4, -0.2) is 53.6 Å². The molecular weight excluding hydrogens is 269 g/mol. The number of nitrogens with zero attached hydrogens (tertiary/aromatic N) is 1. The first kappa shape index (κ1) is 17.2. The summed E-state index contributed by atoms with van der Waals surface area (Å²) in [6.45, 7) is 0.170. The summed E-state index contributed by atoms with van der Waals surface area (Å²) in [5.74, 6) is -2.85. The fraction of sp³-hybridized carbons (Fsp3) is 0.700. The normalized spacial score (nSPS) is 10.9. The summed E-state index contributed by atoms with van der Waals surface area (Å²) in [4.78, 5) is 34.0. The molecule has 0 aliphatic carbocycles. The molecule has 9 heteroatoms. The number of aliphatic carboxylic acids is 1. The zero-order valence-electron chi connectivity index (χ0n) is 10.3. The molecule has 2 N–H and O–H groups in total. The van der Waals surface area contributed by atoms with E-state index in [1.165, 1.54) is 0 Å². The maximum atomic E-state index is 11.8. The lowest BCUT2D eigenvalue weighted by Crippen LogP contribution is -2.39. The largest absolute Gasteiger partial charge is 0.481 e. The van der Waals surface area contributed by atoms with Crippen molar-refractivity contribution in [2.45, 2.75) is 25.9 Å². The minimum absolute atomic E-state index is 0.0861. The zero-order chi connectivity index (χ0) is 15.1. The highest BCUT2D eigenvalue weighted by Crippen LogP contribution is 2.12.